The van der Waals surface area contributed by atoms with Crippen molar-refractivity contribution in [2.24, 2.45) is 11.7 Å². The normalized spacial score (nSPS) is 32.5. The molecule has 2 rings (SSSR count). The SMILES string of the molecule is NC(CN1CCCC1)C1CCNC1. The summed E-state index contributed by atoms with van der Waals surface area (Å²) in [7, 11) is 0. The molecule has 2 atom stereocenters. The second-order valence-corrected chi connectivity index (χ2v) is 4.42. The largest absolute Gasteiger partial charge is 0.326 e. The van der Waals surface area contributed by atoms with Gasteiger partial charge in [0.2, 0.25) is 0 Å². The minimum atomic E-state index is 0.396. The lowest BCUT2D eigenvalue weighted by molar-refractivity contribution is 0.278. The van der Waals surface area contributed by atoms with E-state index in [-0.39, 0.29) is 0 Å². The fourth-order valence-corrected chi connectivity index (χ4v) is 2.45. The Morgan fingerprint density at radius 2 is 2.15 bits per heavy atom. The van der Waals surface area contributed by atoms with E-state index in [1.807, 2.05) is 0 Å². The molecular formula is C10H21N3. The van der Waals surface area contributed by atoms with E-state index in [1.165, 1.54) is 38.9 Å². The lowest BCUT2D eigenvalue weighted by Gasteiger charge is -2.24. The van der Waals surface area contributed by atoms with E-state index < -0.39 is 0 Å². The Labute approximate surface area is 80.7 Å². The third-order valence-corrected chi connectivity index (χ3v) is 3.37. The Kier molecular flexibility index (Phi) is 3.19. The van der Waals surface area contributed by atoms with Gasteiger partial charge >= 0.3 is 0 Å². The van der Waals surface area contributed by atoms with Crippen LogP contribution in [0.4, 0.5) is 0 Å². The molecule has 3 N–H and O–H groups in total. The van der Waals surface area contributed by atoms with Crippen LogP contribution in [0.3, 0.4) is 0 Å². The van der Waals surface area contributed by atoms with E-state index in [0.29, 0.717) is 6.04 Å². The molecule has 0 amide bonds. The number of hydrogen-bond acceptors (Lipinski definition) is 3. The van der Waals surface area contributed by atoms with Gasteiger partial charge in [-0.1, -0.05) is 0 Å². The molecule has 2 aliphatic heterocycles. The molecule has 13 heavy (non-hydrogen) atoms. The number of rotatable bonds is 3. The van der Waals surface area contributed by atoms with Gasteiger partial charge in [0.05, 0.1) is 0 Å². The summed E-state index contributed by atoms with van der Waals surface area (Å²) < 4.78 is 0. The molecule has 2 saturated heterocycles. The van der Waals surface area contributed by atoms with Crippen LogP contribution in [0.25, 0.3) is 0 Å². The maximum atomic E-state index is 6.18. The fourth-order valence-electron chi connectivity index (χ4n) is 2.45. The smallest absolute Gasteiger partial charge is 0.0209 e. The molecular weight excluding hydrogens is 162 g/mol. The topological polar surface area (TPSA) is 41.3 Å². The van der Waals surface area contributed by atoms with Crippen molar-refractivity contribution in [1.82, 2.24) is 10.2 Å². The first-order valence-electron chi connectivity index (χ1n) is 5.55. The van der Waals surface area contributed by atoms with Crippen molar-refractivity contribution in [2.75, 3.05) is 32.7 Å². The molecule has 0 saturated carbocycles. The zero-order valence-corrected chi connectivity index (χ0v) is 8.34. The van der Waals surface area contributed by atoms with Gasteiger partial charge in [-0.25, -0.2) is 0 Å². The lowest BCUT2D eigenvalue weighted by atomic mass is 9.99. The summed E-state index contributed by atoms with van der Waals surface area (Å²) in [4.78, 5) is 2.52. The molecule has 0 spiro atoms. The van der Waals surface area contributed by atoms with Crippen LogP contribution in [0.1, 0.15) is 19.3 Å². The second-order valence-electron chi connectivity index (χ2n) is 4.42. The van der Waals surface area contributed by atoms with Crippen molar-refractivity contribution >= 4 is 0 Å². The highest BCUT2D eigenvalue weighted by Gasteiger charge is 2.24. The molecule has 0 aromatic carbocycles. The van der Waals surface area contributed by atoms with Crippen LogP contribution >= 0.6 is 0 Å². The summed E-state index contributed by atoms with van der Waals surface area (Å²) in [6.45, 7) is 5.96. The molecule has 3 heteroatoms. The fraction of sp³-hybridized carbons (Fsp3) is 1.00. The van der Waals surface area contributed by atoms with Gasteiger partial charge in [0.25, 0.3) is 0 Å². The van der Waals surface area contributed by atoms with E-state index in [1.54, 1.807) is 0 Å². The zero-order valence-electron chi connectivity index (χ0n) is 8.34. The summed E-state index contributed by atoms with van der Waals surface area (Å²) in [5.74, 6) is 0.723. The van der Waals surface area contributed by atoms with Crippen molar-refractivity contribution in [3.63, 3.8) is 0 Å². The average molecular weight is 183 g/mol. The Bertz CT molecular complexity index is 148. The van der Waals surface area contributed by atoms with Crippen LogP contribution in [0.15, 0.2) is 0 Å². The molecule has 0 aliphatic carbocycles. The van der Waals surface area contributed by atoms with Crippen molar-refractivity contribution < 1.29 is 0 Å². The molecule has 2 aliphatic rings. The minimum Gasteiger partial charge on any atom is -0.326 e. The van der Waals surface area contributed by atoms with E-state index in [0.717, 1.165) is 19.0 Å². The van der Waals surface area contributed by atoms with Gasteiger partial charge in [-0.3, -0.25) is 0 Å². The number of likely N-dealkylation sites (tertiary alicyclic amines) is 1. The van der Waals surface area contributed by atoms with E-state index in [2.05, 4.69) is 10.2 Å². The number of hydrogen-bond donors (Lipinski definition) is 2. The number of nitrogens with one attached hydrogen (secondary N) is 1. The standard InChI is InChI=1S/C10H21N3/c11-10(9-3-4-12-7-9)8-13-5-1-2-6-13/h9-10,12H,1-8,11H2. The second kappa shape index (κ2) is 4.40. The molecule has 3 nitrogen and oxygen atoms in total. The Morgan fingerprint density at radius 3 is 2.77 bits per heavy atom. The predicted molar refractivity (Wildman–Crippen MR) is 54.6 cm³/mol. The molecule has 2 unspecified atom stereocenters. The van der Waals surface area contributed by atoms with Crippen LogP contribution in [0.2, 0.25) is 0 Å². The van der Waals surface area contributed by atoms with Gasteiger partial charge in [0.1, 0.15) is 0 Å². The van der Waals surface area contributed by atoms with Gasteiger partial charge in [-0.05, 0) is 51.4 Å². The van der Waals surface area contributed by atoms with Gasteiger partial charge < -0.3 is 16.0 Å². The maximum Gasteiger partial charge on any atom is 0.0209 e. The molecule has 2 heterocycles. The van der Waals surface area contributed by atoms with Crippen molar-refractivity contribution in [3.05, 3.63) is 0 Å². The summed E-state index contributed by atoms with van der Waals surface area (Å²) in [6, 6.07) is 0.396. The van der Waals surface area contributed by atoms with Gasteiger partial charge in [-0.2, -0.15) is 0 Å². The third-order valence-electron chi connectivity index (χ3n) is 3.37. The first-order valence-corrected chi connectivity index (χ1v) is 5.55. The molecule has 0 aromatic rings. The molecule has 76 valence electrons. The monoisotopic (exact) mass is 183 g/mol. The van der Waals surface area contributed by atoms with Crippen LogP contribution in [0, 0.1) is 5.92 Å². The Balaban J connectivity index is 1.73. The predicted octanol–water partition coefficient (Wildman–Crippen LogP) is 0.0190. The summed E-state index contributed by atoms with van der Waals surface area (Å²) >= 11 is 0. The first kappa shape index (κ1) is 9.44. The van der Waals surface area contributed by atoms with Crippen molar-refractivity contribution in [2.45, 2.75) is 25.3 Å². The van der Waals surface area contributed by atoms with Gasteiger partial charge in [0, 0.05) is 12.6 Å². The third kappa shape index (κ3) is 2.42. The quantitative estimate of drug-likeness (QED) is 0.648. The summed E-state index contributed by atoms with van der Waals surface area (Å²) in [6.07, 6.45) is 4.01. The van der Waals surface area contributed by atoms with Crippen LogP contribution in [-0.2, 0) is 0 Å². The van der Waals surface area contributed by atoms with E-state index in [4.69, 9.17) is 5.73 Å². The molecule has 2 fully saturated rings. The first-order chi connectivity index (χ1) is 6.36. The summed E-state index contributed by atoms with van der Waals surface area (Å²) in [5, 5.41) is 3.38. The number of nitrogens with two attached hydrogens (primary N) is 1. The number of nitrogens with zero attached hydrogens (tertiary/aromatic N) is 1. The van der Waals surface area contributed by atoms with Crippen LogP contribution in [-0.4, -0.2) is 43.7 Å². The maximum absolute atomic E-state index is 6.18. The van der Waals surface area contributed by atoms with Gasteiger partial charge in [0.15, 0.2) is 0 Å². The highest BCUT2D eigenvalue weighted by atomic mass is 15.1. The molecule has 0 radical (unpaired) electrons. The Hall–Kier alpha value is -0.120. The summed E-state index contributed by atoms with van der Waals surface area (Å²) in [5.41, 5.74) is 6.18. The molecule has 0 aromatic heterocycles. The van der Waals surface area contributed by atoms with Crippen LogP contribution in [0.5, 0.6) is 0 Å². The van der Waals surface area contributed by atoms with Crippen LogP contribution < -0.4 is 11.1 Å². The highest BCUT2D eigenvalue weighted by Crippen LogP contribution is 2.14. The van der Waals surface area contributed by atoms with E-state index >= 15 is 0 Å². The lowest BCUT2D eigenvalue weighted by Crippen LogP contribution is -2.42. The highest BCUT2D eigenvalue weighted by molar-refractivity contribution is 4.83. The van der Waals surface area contributed by atoms with Crippen molar-refractivity contribution in [1.29, 1.82) is 0 Å². The minimum absolute atomic E-state index is 0.396. The van der Waals surface area contributed by atoms with Crippen molar-refractivity contribution in [3.8, 4) is 0 Å². The Morgan fingerprint density at radius 1 is 1.38 bits per heavy atom. The van der Waals surface area contributed by atoms with E-state index in [9.17, 15) is 0 Å². The average Bonchev–Trinajstić information content (AvgIpc) is 2.74. The van der Waals surface area contributed by atoms with Gasteiger partial charge in [-0.15, -0.1) is 0 Å². The zero-order chi connectivity index (χ0) is 9.10. The molecule has 0 bridgehead atoms.